The van der Waals surface area contributed by atoms with Crippen molar-refractivity contribution in [2.45, 2.75) is 57.9 Å². The van der Waals surface area contributed by atoms with E-state index in [1.807, 2.05) is 20.8 Å². The smallest absolute Gasteiger partial charge is 0.339 e. The monoisotopic (exact) mass is 264 g/mol. The van der Waals surface area contributed by atoms with Crippen LogP contribution in [0.1, 0.15) is 47.0 Å². The highest BCUT2D eigenvalue weighted by Crippen LogP contribution is 2.27. The number of carbonyl (C=O) groups excluding carboxylic acids is 1. The fraction of sp³-hybridized carbons (Fsp3) is 0.833. The maximum absolute atomic E-state index is 11.8. The summed E-state index contributed by atoms with van der Waals surface area (Å²) in [6.45, 7) is 7.31. The number of aliphatic carboxylic acids is 1. The highest BCUT2D eigenvalue weighted by atomic mass is 35.5. The fourth-order valence-electron chi connectivity index (χ4n) is 1.56. The standard InChI is InChI=1S/C12H21ClO4/c1-5-6-9(4)17-11(16)12(13,10(14)15)7-8(2)3/h8-9H,5-7H2,1-4H3,(H,14,15). The lowest BCUT2D eigenvalue weighted by Crippen LogP contribution is -2.44. The van der Waals surface area contributed by atoms with E-state index in [1.54, 1.807) is 6.92 Å². The molecule has 0 aromatic carbocycles. The third kappa shape index (κ3) is 4.94. The van der Waals surface area contributed by atoms with Crippen molar-refractivity contribution in [1.29, 1.82) is 0 Å². The first-order chi connectivity index (χ1) is 7.74. The summed E-state index contributed by atoms with van der Waals surface area (Å²) >= 11 is 5.89. The Labute approximate surface area is 107 Å². The van der Waals surface area contributed by atoms with Gasteiger partial charge >= 0.3 is 11.9 Å². The van der Waals surface area contributed by atoms with E-state index in [2.05, 4.69) is 0 Å². The summed E-state index contributed by atoms with van der Waals surface area (Å²) in [5.41, 5.74) is 0. The van der Waals surface area contributed by atoms with Gasteiger partial charge in [-0.1, -0.05) is 38.8 Å². The summed E-state index contributed by atoms with van der Waals surface area (Å²) in [4.78, 5) is 20.9. The van der Waals surface area contributed by atoms with E-state index in [9.17, 15) is 9.59 Å². The summed E-state index contributed by atoms with van der Waals surface area (Å²) in [7, 11) is 0. The Hall–Kier alpha value is -0.770. The van der Waals surface area contributed by atoms with Crippen molar-refractivity contribution in [1.82, 2.24) is 0 Å². The molecule has 2 unspecified atom stereocenters. The molecule has 4 nitrogen and oxygen atoms in total. The largest absolute Gasteiger partial charge is 0.479 e. The second-order valence-corrected chi connectivity index (χ2v) is 5.35. The van der Waals surface area contributed by atoms with Crippen molar-refractivity contribution < 1.29 is 19.4 Å². The first-order valence-electron chi connectivity index (χ1n) is 5.87. The van der Waals surface area contributed by atoms with Crippen molar-refractivity contribution in [3.05, 3.63) is 0 Å². The highest BCUT2D eigenvalue weighted by molar-refractivity contribution is 6.44. The number of halogens is 1. The van der Waals surface area contributed by atoms with Crippen molar-refractivity contribution in [3.8, 4) is 0 Å². The molecule has 0 aromatic rings. The molecule has 0 aliphatic rings. The van der Waals surface area contributed by atoms with Gasteiger partial charge in [0, 0.05) is 0 Å². The summed E-state index contributed by atoms with van der Waals surface area (Å²) < 4.78 is 5.07. The van der Waals surface area contributed by atoms with Crippen LogP contribution in [0.5, 0.6) is 0 Å². The lowest BCUT2D eigenvalue weighted by Gasteiger charge is -2.24. The Balaban J connectivity index is 4.71. The van der Waals surface area contributed by atoms with Gasteiger partial charge in [0.05, 0.1) is 6.10 Å². The Morgan fingerprint density at radius 3 is 2.24 bits per heavy atom. The molecule has 0 spiro atoms. The number of carboxylic acid groups (broad SMARTS) is 1. The van der Waals surface area contributed by atoms with E-state index < -0.39 is 16.8 Å². The van der Waals surface area contributed by atoms with Crippen LogP contribution in [0.4, 0.5) is 0 Å². The summed E-state index contributed by atoms with van der Waals surface area (Å²) in [5, 5.41) is 9.06. The van der Waals surface area contributed by atoms with Crippen LogP contribution in [-0.2, 0) is 14.3 Å². The topological polar surface area (TPSA) is 63.6 Å². The average molecular weight is 265 g/mol. The van der Waals surface area contributed by atoms with E-state index in [-0.39, 0.29) is 18.4 Å². The van der Waals surface area contributed by atoms with Crippen LogP contribution in [0, 0.1) is 5.92 Å². The number of esters is 1. The van der Waals surface area contributed by atoms with Crippen LogP contribution in [0.15, 0.2) is 0 Å². The summed E-state index contributed by atoms with van der Waals surface area (Å²) in [6, 6.07) is 0. The van der Waals surface area contributed by atoms with E-state index in [0.717, 1.165) is 6.42 Å². The quantitative estimate of drug-likeness (QED) is 0.436. The minimum absolute atomic E-state index is 0.00219. The zero-order chi connectivity index (χ0) is 13.6. The number of carbonyl (C=O) groups is 2. The predicted octanol–water partition coefficient (Wildman–Crippen LogP) is 2.83. The second-order valence-electron chi connectivity index (χ2n) is 4.71. The van der Waals surface area contributed by atoms with Gasteiger partial charge in [0.15, 0.2) is 0 Å². The van der Waals surface area contributed by atoms with E-state index in [0.29, 0.717) is 6.42 Å². The zero-order valence-electron chi connectivity index (χ0n) is 10.8. The first kappa shape index (κ1) is 16.2. The van der Waals surface area contributed by atoms with Crippen LogP contribution in [0.2, 0.25) is 0 Å². The molecule has 0 amide bonds. The number of hydrogen-bond donors (Lipinski definition) is 1. The first-order valence-corrected chi connectivity index (χ1v) is 6.25. The van der Waals surface area contributed by atoms with Gasteiger partial charge in [-0.05, 0) is 25.7 Å². The van der Waals surface area contributed by atoms with Crippen LogP contribution in [0.3, 0.4) is 0 Å². The summed E-state index contributed by atoms with van der Waals surface area (Å²) in [5.74, 6) is -2.21. The fourth-order valence-corrected chi connectivity index (χ4v) is 1.92. The third-order valence-corrected chi connectivity index (χ3v) is 2.83. The Kier molecular flexibility index (Phi) is 6.53. The highest BCUT2D eigenvalue weighted by Gasteiger charge is 2.46. The molecule has 0 aliphatic heterocycles. The zero-order valence-corrected chi connectivity index (χ0v) is 11.6. The molecule has 0 saturated heterocycles. The van der Waals surface area contributed by atoms with E-state index in [1.165, 1.54) is 0 Å². The van der Waals surface area contributed by atoms with Crippen molar-refractivity contribution in [2.24, 2.45) is 5.92 Å². The molecule has 2 atom stereocenters. The number of ether oxygens (including phenoxy) is 1. The van der Waals surface area contributed by atoms with Gasteiger partial charge in [-0.25, -0.2) is 9.59 Å². The Morgan fingerprint density at radius 2 is 1.88 bits per heavy atom. The van der Waals surface area contributed by atoms with Crippen molar-refractivity contribution in [2.75, 3.05) is 0 Å². The van der Waals surface area contributed by atoms with Gasteiger partial charge in [0.25, 0.3) is 0 Å². The van der Waals surface area contributed by atoms with E-state index in [4.69, 9.17) is 21.4 Å². The average Bonchev–Trinajstić information content (AvgIpc) is 2.16. The van der Waals surface area contributed by atoms with E-state index >= 15 is 0 Å². The SMILES string of the molecule is CCCC(C)OC(=O)C(Cl)(CC(C)C)C(=O)O. The van der Waals surface area contributed by atoms with Gasteiger partial charge in [0.1, 0.15) is 0 Å². The molecule has 1 N–H and O–H groups in total. The molecule has 0 fully saturated rings. The van der Waals surface area contributed by atoms with Gasteiger partial charge in [-0.15, -0.1) is 0 Å². The maximum atomic E-state index is 11.8. The van der Waals surface area contributed by atoms with Gasteiger partial charge < -0.3 is 9.84 Å². The molecule has 0 aliphatic carbocycles. The number of hydrogen-bond acceptors (Lipinski definition) is 3. The molecular weight excluding hydrogens is 244 g/mol. The minimum atomic E-state index is -1.96. The molecule has 0 rings (SSSR count). The van der Waals surface area contributed by atoms with Crippen LogP contribution in [0.25, 0.3) is 0 Å². The normalized spacial score (nSPS) is 16.4. The maximum Gasteiger partial charge on any atom is 0.339 e. The molecule has 100 valence electrons. The van der Waals surface area contributed by atoms with Crippen LogP contribution < -0.4 is 0 Å². The molecule has 17 heavy (non-hydrogen) atoms. The number of carboxylic acids is 1. The lowest BCUT2D eigenvalue weighted by atomic mass is 9.96. The molecule has 0 heterocycles. The molecule has 0 radical (unpaired) electrons. The van der Waals surface area contributed by atoms with Gasteiger partial charge in [-0.3, -0.25) is 0 Å². The molecule has 0 bridgehead atoms. The van der Waals surface area contributed by atoms with Crippen molar-refractivity contribution >= 4 is 23.5 Å². The number of alkyl halides is 1. The second kappa shape index (κ2) is 6.84. The van der Waals surface area contributed by atoms with Gasteiger partial charge in [-0.2, -0.15) is 0 Å². The third-order valence-electron chi connectivity index (χ3n) is 2.36. The Bertz CT molecular complexity index is 278. The minimum Gasteiger partial charge on any atom is -0.479 e. The van der Waals surface area contributed by atoms with Gasteiger partial charge in [0.2, 0.25) is 4.87 Å². The molecule has 0 saturated carbocycles. The molecule has 5 heteroatoms. The molecular formula is C12H21ClO4. The van der Waals surface area contributed by atoms with Crippen molar-refractivity contribution in [3.63, 3.8) is 0 Å². The molecule has 0 aromatic heterocycles. The predicted molar refractivity (Wildman–Crippen MR) is 66.1 cm³/mol. The van der Waals surface area contributed by atoms with Crippen LogP contribution in [-0.4, -0.2) is 28.0 Å². The summed E-state index contributed by atoms with van der Waals surface area (Å²) in [6.07, 6.45) is 1.31. The number of rotatable bonds is 7. The lowest BCUT2D eigenvalue weighted by molar-refractivity contribution is -0.160. The van der Waals surface area contributed by atoms with Crippen LogP contribution >= 0.6 is 11.6 Å². The Morgan fingerprint density at radius 1 is 1.35 bits per heavy atom.